The molecule has 0 radical (unpaired) electrons. The van der Waals surface area contributed by atoms with Crippen LogP contribution in [0.5, 0.6) is 0 Å². The summed E-state index contributed by atoms with van der Waals surface area (Å²) >= 11 is 1.82. The monoisotopic (exact) mass is 833 g/mol. The van der Waals surface area contributed by atoms with Crippen molar-refractivity contribution >= 4 is 75.0 Å². The minimum atomic E-state index is 0.591. The predicted molar refractivity (Wildman–Crippen MR) is 268 cm³/mol. The molecule has 0 unspecified atom stereocenters. The van der Waals surface area contributed by atoms with Crippen LogP contribution in [-0.4, -0.2) is 15.0 Å². The molecule has 64 heavy (non-hydrogen) atoms. The second kappa shape index (κ2) is 14.7. The molecule has 0 fully saturated rings. The van der Waals surface area contributed by atoms with Gasteiger partial charge < -0.3 is 4.42 Å². The zero-order valence-electron chi connectivity index (χ0n) is 34.4. The first-order valence-electron chi connectivity index (χ1n) is 21.5. The number of furan rings is 1. The molecule has 13 aromatic rings. The third-order valence-corrected chi connectivity index (χ3v) is 13.8. The second-order valence-electron chi connectivity index (χ2n) is 16.2. The number of benzene rings is 10. The summed E-state index contributed by atoms with van der Waals surface area (Å²) in [7, 11) is 0. The summed E-state index contributed by atoms with van der Waals surface area (Å²) in [6.45, 7) is 0. The van der Waals surface area contributed by atoms with Crippen LogP contribution in [0.1, 0.15) is 0 Å². The van der Waals surface area contributed by atoms with E-state index in [0.29, 0.717) is 17.5 Å². The largest absolute Gasteiger partial charge is 0.455 e. The highest BCUT2D eigenvalue weighted by atomic mass is 32.1. The summed E-state index contributed by atoms with van der Waals surface area (Å²) in [4.78, 5) is 16.0. The lowest BCUT2D eigenvalue weighted by molar-refractivity contribution is 0.670. The Bertz CT molecular complexity index is 3950. The molecule has 0 saturated carbocycles. The molecule has 5 heteroatoms. The van der Waals surface area contributed by atoms with Crippen molar-refractivity contribution in [2.75, 3.05) is 0 Å². The summed E-state index contributed by atoms with van der Waals surface area (Å²) in [5.41, 5.74) is 11.4. The molecule has 10 aromatic carbocycles. The standard InChI is InChI=1S/C59H35N3OS/c1-4-17-36(18-5-1)39-25-14-26-40(33-39)48-34-41-23-11-13-28-44(41)53-45-29-15-31-47(55(45)64-56(48)53)59-61-57(38-21-8-3-9-22-38)60-58(62-59)46-30-16-32-50-52(46)49-35-42-24-10-12-27-43(42)51(54(49)63-50)37-19-6-2-7-20-37/h1-35H. The Kier molecular flexibility index (Phi) is 8.36. The fraction of sp³-hybridized carbons (Fsp3) is 0. The molecular formula is C59H35N3OS. The van der Waals surface area contributed by atoms with E-state index < -0.39 is 0 Å². The van der Waals surface area contributed by atoms with Crippen LogP contribution in [0.4, 0.5) is 0 Å². The van der Waals surface area contributed by atoms with E-state index in [0.717, 1.165) is 65.2 Å². The first kappa shape index (κ1) is 36.4. The minimum Gasteiger partial charge on any atom is -0.455 e. The van der Waals surface area contributed by atoms with Crippen LogP contribution in [-0.2, 0) is 0 Å². The number of aromatic nitrogens is 3. The van der Waals surface area contributed by atoms with Crippen molar-refractivity contribution in [1.82, 2.24) is 15.0 Å². The molecule has 3 heterocycles. The number of thiophene rings is 1. The lowest BCUT2D eigenvalue weighted by Crippen LogP contribution is -2.00. The molecule has 0 bridgehead atoms. The molecule has 0 aliphatic heterocycles. The quantitative estimate of drug-likeness (QED) is 0.167. The predicted octanol–water partition coefficient (Wildman–Crippen LogP) is 16.4. The van der Waals surface area contributed by atoms with Crippen molar-refractivity contribution < 1.29 is 4.42 Å². The molecule has 0 atom stereocenters. The van der Waals surface area contributed by atoms with Gasteiger partial charge in [0, 0.05) is 58.8 Å². The number of hydrogen-bond donors (Lipinski definition) is 0. The average molecular weight is 834 g/mol. The van der Waals surface area contributed by atoms with E-state index >= 15 is 0 Å². The zero-order valence-corrected chi connectivity index (χ0v) is 35.2. The third-order valence-electron chi connectivity index (χ3n) is 12.5. The fourth-order valence-electron chi connectivity index (χ4n) is 9.57. The molecule has 0 spiro atoms. The van der Waals surface area contributed by atoms with Gasteiger partial charge in [-0.15, -0.1) is 11.3 Å². The van der Waals surface area contributed by atoms with Gasteiger partial charge in [0.1, 0.15) is 11.2 Å². The minimum absolute atomic E-state index is 0.591. The lowest BCUT2D eigenvalue weighted by Gasteiger charge is -2.10. The first-order valence-corrected chi connectivity index (χ1v) is 22.3. The van der Waals surface area contributed by atoms with Crippen LogP contribution < -0.4 is 0 Å². The van der Waals surface area contributed by atoms with Gasteiger partial charge >= 0.3 is 0 Å². The zero-order chi connectivity index (χ0) is 42.1. The van der Waals surface area contributed by atoms with Gasteiger partial charge in [-0.1, -0.05) is 182 Å². The molecule has 0 aliphatic carbocycles. The fourth-order valence-corrected chi connectivity index (χ4v) is 10.9. The third kappa shape index (κ3) is 5.86. The first-order chi connectivity index (χ1) is 31.7. The number of rotatable bonds is 6. The van der Waals surface area contributed by atoms with E-state index in [9.17, 15) is 0 Å². The van der Waals surface area contributed by atoms with Crippen LogP contribution >= 0.6 is 11.3 Å². The second-order valence-corrected chi connectivity index (χ2v) is 17.3. The van der Waals surface area contributed by atoms with Gasteiger partial charge in [-0.05, 0) is 74.1 Å². The Morgan fingerprint density at radius 3 is 1.67 bits per heavy atom. The summed E-state index contributed by atoms with van der Waals surface area (Å²) in [6.07, 6.45) is 0. The van der Waals surface area contributed by atoms with Crippen LogP contribution in [0.2, 0.25) is 0 Å². The molecule has 298 valence electrons. The van der Waals surface area contributed by atoms with E-state index in [2.05, 4.69) is 182 Å². The van der Waals surface area contributed by atoms with E-state index in [4.69, 9.17) is 19.4 Å². The smallest absolute Gasteiger partial charge is 0.165 e. The number of fused-ring (bicyclic) bond motifs is 9. The Balaban J connectivity index is 1.07. The van der Waals surface area contributed by atoms with Crippen LogP contribution in [0.15, 0.2) is 217 Å². The van der Waals surface area contributed by atoms with Gasteiger partial charge in [-0.25, -0.2) is 15.0 Å². The summed E-state index contributed by atoms with van der Waals surface area (Å²) in [5, 5.41) is 9.15. The Hall–Kier alpha value is -8.25. The maximum atomic E-state index is 6.88. The highest BCUT2D eigenvalue weighted by Gasteiger charge is 2.23. The van der Waals surface area contributed by atoms with Gasteiger partial charge in [0.2, 0.25) is 0 Å². The van der Waals surface area contributed by atoms with Crippen molar-refractivity contribution in [3.63, 3.8) is 0 Å². The molecule has 0 aliphatic rings. The Labute approximate surface area is 372 Å². The van der Waals surface area contributed by atoms with Gasteiger partial charge in [-0.2, -0.15) is 0 Å². The normalized spacial score (nSPS) is 11.8. The average Bonchev–Trinajstić information content (AvgIpc) is 3.95. The summed E-state index contributed by atoms with van der Waals surface area (Å²) < 4.78 is 9.25. The van der Waals surface area contributed by atoms with Crippen molar-refractivity contribution in [3.05, 3.63) is 212 Å². The Morgan fingerprint density at radius 2 is 0.891 bits per heavy atom. The van der Waals surface area contributed by atoms with Gasteiger partial charge in [-0.3, -0.25) is 0 Å². The molecule has 3 aromatic heterocycles. The van der Waals surface area contributed by atoms with Crippen molar-refractivity contribution in [3.8, 4) is 67.5 Å². The van der Waals surface area contributed by atoms with E-state index in [1.165, 1.54) is 48.5 Å². The molecule has 0 N–H and O–H groups in total. The van der Waals surface area contributed by atoms with Gasteiger partial charge in [0.05, 0.1) is 0 Å². The number of hydrogen-bond acceptors (Lipinski definition) is 5. The topological polar surface area (TPSA) is 51.8 Å². The van der Waals surface area contributed by atoms with Crippen LogP contribution in [0, 0.1) is 0 Å². The van der Waals surface area contributed by atoms with Gasteiger partial charge in [0.15, 0.2) is 17.5 Å². The highest BCUT2D eigenvalue weighted by Crippen LogP contribution is 2.48. The highest BCUT2D eigenvalue weighted by molar-refractivity contribution is 7.27. The van der Waals surface area contributed by atoms with E-state index in [-0.39, 0.29) is 0 Å². The summed E-state index contributed by atoms with van der Waals surface area (Å²) in [6, 6.07) is 74.9. The van der Waals surface area contributed by atoms with E-state index in [1.807, 2.05) is 41.7 Å². The summed E-state index contributed by atoms with van der Waals surface area (Å²) in [5.74, 6) is 1.83. The molecule has 0 amide bonds. The van der Waals surface area contributed by atoms with Crippen molar-refractivity contribution in [1.29, 1.82) is 0 Å². The molecule has 4 nitrogen and oxygen atoms in total. The Morgan fingerprint density at radius 1 is 0.328 bits per heavy atom. The SMILES string of the molecule is c1ccc(-c2cccc(-c3cc4ccccc4c4c3sc3c(-c5nc(-c6ccccc6)nc(-c6cccc7oc8c(-c9ccccc9)c9ccccc9cc8c67)n5)cccc34)c2)cc1. The molecular weight excluding hydrogens is 799 g/mol. The number of nitrogens with zero attached hydrogens (tertiary/aromatic N) is 3. The maximum Gasteiger partial charge on any atom is 0.165 e. The van der Waals surface area contributed by atoms with E-state index in [1.54, 1.807) is 0 Å². The van der Waals surface area contributed by atoms with Crippen LogP contribution in [0.3, 0.4) is 0 Å². The van der Waals surface area contributed by atoms with Crippen molar-refractivity contribution in [2.45, 2.75) is 0 Å². The van der Waals surface area contributed by atoms with Crippen molar-refractivity contribution in [2.24, 2.45) is 0 Å². The molecule has 0 saturated heterocycles. The maximum absolute atomic E-state index is 6.88. The van der Waals surface area contributed by atoms with Crippen LogP contribution in [0.25, 0.3) is 131 Å². The lowest BCUT2D eigenvalue weighted by atomic mass is 9.94. The molecule has 13 rings (SSSR count). The van der Waals surface area contributed by atoms with Gasteiger partial charge in [0.25, 0.3) is 0 Å².